The second-order valence-corrected chi connectivity index (χ2v) is 7.98. The number of guanidine groups is 1. The molecule has 1 fully saturated rings. The lowest BCUT2D eigenvalue weighted by molar-refractivity contribution is 0.224. The van der Waals surface area contributed by atoms with Crippen molar-refractivity contribution in [2.75, 3.05) is 33.2 Å². The molecule has 1 aromatic heterocycles. The molecule has 28 heavy (non-hydrogen) atoms. The maximum Gasteiger partial charge on any atom is 0.191 e. The van der Waals surface area contributed by atoms with E-state index in [1.807, 2.05) is 18.8 Å². The van der Waals surface area contributed by atoms with E-state index >= 15 is 0 Å². The van der Waals surface area contributed by atoms with Crippen LogP contribution in [-0.4, -0.2) is 59.9 Å². The van der Waals surface area contributed by atoms with Crippen molar-refractivity contribution in [2.24, 2.45) is 12.0 Å². The van der Waals surface area contributed by atoms with Crippen LogP contribution in [0.25, 0.3) is 0 Å². The van der Waals surface area contributed by atoms with Gasteiger partial charge < -0.3 is 15.5 Å². The van der Waals surface area contributed by atoms with E-state index in [0.29, 0.717) is 6.04 Å². The van der Waals surface area contributed by atoms with Gasteiger partial charge in [0.05, 0.1) is 5.69 Å². The smallest absolute Gasteiger partial charge is 0.191 e. The average Bonchev–Trinajstić information content (AvgIpc) is 2.90. The Morgan fingerprint density at radius 3 is 2.46 bits per heavy atom. The second kappa shape index (κ2) is 13.4. The maximum atomic E-state index is 4.51. The van der Waals surface area contributed by atoms with Crippen LogP contribution in [0.2, 0.25) is 0 Å². The predicted molar refractivity (Wildman–Crippen MR) is 130 cm³/mol. The topological polar surface area (TPSA) is 57.5 Å². The molecular formula is C21H41IN6. The highest BCUT2D eigenvalue weighted by Crippen LogP contribution is 2.14. The van der Waals surface area contributed by atoms with E-state index < -0.39 is 0 Å². The fraction of sp³-hybridized carbons (Fsp3) is 0.810. The van der Waals surface area contributed by atoms with Gasteiger partial charge in [-0.1, -0.05) is 12.8 Å². The lowest BCUT2D eigenvalue weighted by atomic mass is 10.1. The van der Waals surface area contributed by atoms with Gasteiger partial charge in [0.1, 0.15) is 0 Å². The molecule has 1 aromatic rings. The number of nitrogens with one attached hydrogen (secondary N) is 2. The van der Waals surface area contributed by atoms with Crippen LogP contribution < -0.4 is 10.6 Å². The molecule has 1 aliphatic heterocycles. The van der Waals surface area contributed by atoms with Crippen molar-refractivity contribution in [3.05, 3.63) is 17.0 Å². The molecule has 1 saturated heterocycles. The molecule has 0 bridgehead atoms. The van der Waals surface area contributed by atoms with E-state index in [1.54, 1.807) is 0 Å². The Kier molecular flexibility index (Phi) is 12.1. The molecule has 1 unspecified atom stereocenters. The molecule has 2 heterocycles. The molecule has 162 valence electrons. The highest BCUT2D eigenvalue weighted by Gasteiger charge is 2.14. The summed E-state index contributed by atoms with van der Waals surface area (Å²) >= 11 is 0. The lowest BCUT2D eigenvalue weighted by Crippen LogP contribution is -2.43. The maximum absolute atomic E-state index is 4.51. The molecule has 1 atom stereocenters. The second-order valence-electron chi connectivity index (χ2n) is 7.98. The lowest BCUT2D eigenvalue weighted by Gasteiger charge is -2.26. The Labute approximate surface area is 189 Å². The standard InChI is InChI=1S/C21H40N6.HI/c1-17(16-20-18(2)25-26(5)19(20)3)24-21(22-4)23-12-8-6-9-13-27-14-10-7-11-15-27;/h17H,6-16H2,1-5H3,(H2,22,23,24);1H. The van der Waals surface area contributed by atoms with Crippen molar-refractivity contribution >= 4 is 29.9 Å². The molecule has 6 nitrogen and oxygen atoms in total. The van der Waals surface area contributed by atoms with Crippen LogP contribution in [0, 0.1) is 13.8 Å². The molecule has 0 aromatic carbocycles. The van der Waals surface area contributed by atoms with E-state index in [1.165, 1.54) is 69.4 Å². The van der Waals surface area contributed by atoms with Crippen LogP contribution in [0.15, 0.2) is 4.99 Å². The first-order valence-corrected chi connectivity index (χ1v) is 10.7. The molecule has 0 amide bonds. The van der Waals surface area contributed by atoms with Crippen molar-refractivity contribution in [2.45, 2.75) is 71.8 Å². The Balaban J connectivity index is 0.00000392. The third-order valence-electron chi connectivity index (χ3n) is 5.67. The summed E-state index contributed by atoms with van der Waals surface area (Å²) in [7, 11) is 3.86. The van der Waals surface area contributed by atoms with Crippen LogP contribution in [0.4, 0.5) is 0 Å². The number of aryl methyl sites for hydroxylation is 2. The van der Waals surface area contributed by atoms with Crippen LogP contribution >= 0.6 is 24.0 Å². The van der Waals surface area contributed by atoms with Crippen molar-refractivity contribution in [1.82, 2.24) is 25.3 Å². The minimum atomic E-state index is 0. The summed E-state index contributed by atoms with van der Waals surface area (Å²) in [5.74, 6) is 0.901. The molecule has 2 rings (SSSR count). The zero-order chi connectivity index (χ0) is 19.6. The van der Waals surface area contributed by atoms with Gasteiger partial charge in [0, 0.05) is 32.4 Å². The normalized spacial score (nSPS) is 16.5. The van der Waals surface area contributed by atoms with Crippen molar-refractivity contribution in [1.29, 1.82) is 0 Å². The third-order valence-corrected chi connectivity index (χ3v) is 5.67. The summed E-state index contributed by atoms with van der Waals surface area (Å²) in [4.78, 5) is 7.00. The Bertz CT molecular complexity index is 592. The van der Waals surface area contributed by atoms with Crippen molar-refractivity contribution in [3.63, 3.8) is 0 Å². The molecule has 0 saturated carbocycles. The van der Waals surface area contributed by atoms with Gasteiger partial charge >= 0.3 is 0 Å². The number of rotatable bonds is 9. The van der Waals surface area contributed by atoms with Crippen LogP contribution in [-0.2, 0) is 13.5 Å². The average molecular weight is 505 g/mol. The van der Waals surface area contributed by atoms with E-state index in [-0.39, 0.29) is 24.0 Å². The molecule has 1 aliphatic rings. The number of hydrogen-bond acceptors (Lipinski definition) is 3. The summed E-state index contributed by atoms with van der Waals surface area (Å²) in [6.45, 7) is 11.3. The first-order chi connectivity index (χ1) is 13.0. The molecular weight excluding hydrogens is 463 g/mol. The van der Waals surface area contributed by atoms with Gasteiger partial charge in [0.15, 0.2) is 5.96 Å². The molecule has 0 radical (unpaired) electrons. The van der Waals surface area contributed by atoms with Gasteiger partial charge in [0.2, 0.25) is 0 Å². The monoisotopic (exact) mass is 504 g/mol. The zero-order valence-electron chi connectivity index (χ0n) is 18.6. The van der Waals surface area contributed by atoms with E-state index in [9.17, 15) is 0 Å². The van der Waals surface area contributed by atoms with Crippen LogP contribution in [0.5, 0.6) is 0 Å². The Hall–Kier alpha value is -0.830. The molecule has 0 aliphatic carbocycles. The quantitative estimate of drug-likeness (QED) is 0.234. The largest absolute Gasteiger partial charge is 0.356 e. The summed E-state index contributed by atoms with van der Waals surface area (Å²) < 4.78 is 1.97. The van der Waals surface area contributed by atoms with Crippen molar-refractivity contribution < 1.29 is 0 Å². The minimum Gasteiger partial charge on any atom is -0.356 e. The fourth-order valence-electron chi connectivity index (χ4n) is 3.93. The van der Waals surface area contributed by atoms with E-state index in [0.717, 1.165) is 24.6 Å². The highest BCUT2D eigenvalue weighted by atomic mass is 127. The van der Waals surface area contributed by atoms with Gasteiger partial charge in [-0.15, -0.1) is 24.0 Å². The number of likely N-dealkylation sites (tertiary alicyclic amines) is 1. The summed E-state index contributed by atoms with van der Waals surface area (Å²) in [5.41, 5.74) is 3.71. The number of nitrogens with zero attached hydrogens (tertiary/aromatic N) is 4. The molecule has 2 N–H and O–H groups in total. The number of halogens is 1. The van der Waals surface area contributed by atoms with E-state index in [2.05, 4.69) is 46.4 Å². The summed E-state index contributed by atoms with van der Waals surface area (Å²) in [6, 6.07) is 0.317. The van der Waals surface area contributed by atoms with Gasteiger partial charge in [-0.2, -0.15) is 5.10 Å². The number of aliphatic imine (C=N–C) groups is 1. The van der Waals surface area contributed by atoms with Crippen LogP contribution in [0.1, 0.15) is 62.4 Å². The minimum absolute atomic E-state index is 0. The van der Waals surface area contributed by atoms with Crippen LogP contribution in [0.3, 0.4) is 0 Å². The predicted octanol–water partition coefficient (Wildman–Crippen LogP) is 3.41. The third kappa shape index (κ3) is 8.27. The summed E-state index contributed by atoms with van der Waals surface area (Å²) in [6.07, 6.45) is 8.95. The number of piperidine rings is 1. The van der Waals surface area contributed by atoms with E-state index in [4.69, 9.17) is 0 Å². The van der Waals surface area contributed by atoms with Gasteiger partial charge in [-0.25, -0.2) is 0 Å². The molecule has 0 spiro atoms. The fourth-order valence-corrected chi connectivity index (χ4v) is 3.93. The first kappa shape index (κ1) is 25.2. The highest BCUT2D eigenvalue weighted by molar-refractivity contribution is 14.0. The first-order valence-electron chi connectivity index (χ1n) is 10.7. The zero-order valence-corrected chi connectivity index (χ0v) is 20.9. The SMILES string of the molecule is CN=C(NCCCCCN1CCCCC1)NC(C)Cc1c(C)nn(C)c1C.I. The van der Waals surface area contributed by atoms with Gasteiger partial charge in [-0.05, 0) is 78.1 Å². The summed E-state index contributed by atoms with van der Waals surface area (Å²) in [5, 5.41) is 11.5. The van der Waals surface area contributed by atoms with Gasteiger partial charge in [0.25, 0.3) is 0 Å². The number of aromatic nitrogens is 2. The molecule has 7 heteroatoms. The number of hydrogen-bond donors (Lipinski definition) is 2. The van der Waals surface area contributed by atoms with Crippen molar-refractivity contribution in [3.8, 4) is 0 Å². The Morgan fingerprint density at radius 2 is 1.86 bits per heavy atom. The number of unbranched alkanes of at least 4 members (excludes halogenated alkanes) is 2. The Morgan fingerprint density at radius 1 is 1.14 bits per heavy atom. The van der Waals surface area contributed by atoms with Gasteiger partial charge in [-0.3, -0.25) is 9.67 Å².